The van der Waals surface area contributed by atoms with Crippen LogP contribution in [0.3, 0.4) is 0 Å². The van der Waals surface area contributed by atoms with Crippen LogP contribution >= 0.6 is 0 Å². The first-order chi connectivity index (χ1) is 9.43. The number of piperidine rings is 1. The normalized spacial score (nSPS) is 26.4. The molecule has 1 N–H and O–H groups in total. The summed E-state index contributed by atoms with van der Waals surface area (Å²) < 4.78 is 40.8. The molecule has 2 bridgehead atoms. The summed E-state index contributed by atoms with van der Waals surface area (Å²) >= 11 is 0. The summed E-state index contributed by atoms with van der Waals surface area (Å²) in [4.78, 5) is -0.00546. The fourth-order valence-corrected chi connectivity index (χ4v) is 5.39. The lowest BCUT2D eigenvalue weighted by Gasteiger charge is -2.27. The predicted molar refractivity (Wildman–Crippen MR) is 72.1 cm³/mol. The van der Waals surface area contributed by atoms with Gasteiger partial charge in [0, 0.05) is 18.2 Å². The Morgan fingerprint density at radius 1 is 1.40 bits per heavy atom. The molecule has 1 saturated carbocycles. The third kappa shape index (κ3) is 2.06. The van der Waals surface area contributed by atoms with Gasteiger partial charge in [-0.3, -0.25) is 0 Å². The van der Waals surface area contributed by atoms with E-state index in [0.29, 0.717) is 12.5 Å². The van der Waals surface area contributed by atoms with Gasteiger partial charge in [-0.15, -0.1) is 0 Å². The van der Waals surface area contributed by atoms with E-state index in [-0.39, 0.29) is 28.7 Å². The van der Waals surface area contributed by atoms with Crippen molar-refractivity contribution in [3.8, 4) is 0 Å². The zero-order valence-electron chi connectivity index (χ0n) is 11.3. The van der Waals surface area contributed by atoms with E-state index in [4.69, 9.17) is 5.11 Å². The minimum absolute atomic E-state index is 0.00546. The van der Waals surface area contributed by atoms with Crippen molar-refractivity contribution in [2.75, 3.05) is 6.54 Å². The number of sulfonamides is 1. The molecule has 2 aliphatic rings. The minimum atomic E-state index is -3.67. The van der Waals surface area contributed by atoms with E-state index in [0.717, 1.165) is 19.3 Å². The highest BCUT2D eigenvalue weighted by molar-refractivity contribution is 7.89. The zero-order chi connectivity index (χ0) is 14.5. The average molecular weight is 299 g/mol. The molecule has 1 aliphatic heterocycles. The van der Waals surface area contributed by atoms with Crippen molar-refractivity contribution in [1.29, 1.82) is 0 Å². The van der Waals surface area contributed by atoms with Crippen LogP contribution in [-0.4, -0.2) is 30.4 Å². The standard InChI is InChI=1S/C14H18FNO3S/c1-9-13(15)5-11(8-17)6-14(9)20(18,19)16-7-10-2-3-12(16)4-10/h5-6,10,12,17H,2-4,7-8H2,1H3. The molecule has 1 aromatic carbocycles. The first-order valence-electron chi connectivity index (χ1n) is 6.85. The first-order valence-corrected chi connectivity index (χ1v) is 8.29. The van der Waals surface area contributed by atoms with E-state index in [1.54, 1.807) is 0 Å². The summed E-state index contributed by atoms with van der Waals surface area (Å²) in [6, 6.07) is 2.63. The van der Waals surface area contributed by atoms with Crippen LogP contribution in [0.1, 0.15) is 30.4 Å². The third-order valence-corrected chi connectivity index (χ3v) is 6.53. The number of rotatable bonds is 3. The van der Waals surface area contributed by atoms with E-state index in [2.05, 4.69) is 0 Å². The fourth-order valence-electron chi connectivity index (χ4n) is 3.37. The van der Waals surface area contributed by atoms with Crippen LogP contribution in [0.25, 0.3) is 0 Å². The monoisotopic (exact) mass is 299 g/mol. The fraction of sp³-hybridized carbons (Fsp3) is 0.571. The van der Waals surface area contributed by atoms with E-state index in [1.807, 2.05) is 0 Å². The molecule has 110 valence electrons. The number of nitrogens with zero attached hydrogens (tertiary/aromatic N) is 1. The maximum absolute atomic E-state index is 13.8. The van der Waals surface area contributed by atoms with Gasteiger partial charge in [-0.05, 0) is 49.8 Å². The average Bonchev–Trinajstić information content (AvgIpc) is 3.04. The van der Waals surface area contributed by atoms with Gasteiger partial charge in [-0.25, -0.2) is 12.8 Å². The van der Waals surface area contributed by atoms with E-state index >= 15 is 0 Å². The number of hydrogen-bond donors (Lipinski definition) is 1. The van der Waals surface area contributed by atoms with Gasteiger partial charge in [0.25, 0.3) is 0 Å². The second kappa shape index (κ2) is 4.79. The van der Waals surface area contributed by atoms with Gasteiger partial charge in [-0.2, -0.15) is 4.31 Å². The lowest BCUT2D eigenvalue weighted by Crippen LogP contribution is -2.38. The molecule has 2 unspecified atom stereocenters. The predicted octanol–water partition coefficient (Wildman–Crippen LogP) is 1.80. The van der Waals surface area contributed by atoms with Crippen LogP contribution in [-0.2, 0) is 16.6 Å². The van der Waals surface area contributed by atoms with Crippen molar-refractivity contribution in [1.82, 2.24) is 4.31 Å². The number of hydrogen-bond acceptors (Lipinski definition) is 3. The molecule has 6 heteroatoms. The molecule has 1 saturated heterocycles. The van der Waals surface area contributed by atoms with Crippen LogP contribution in [0.5, 0.6) is 0 Å². The molecule has 1 aromatic rings. The van der Waals surface area contributed by atoms with Crippen LogP contribution in [0.2, 0.25) is 0 Å². The van der Waals surface area contributed by atoms with Gasteiger partial charge < -0.3 is 5.11 Å². The van der Waals surface area contributed by atoms with Crippen LogP contribution in [0.15, 0.2) is 17.0 Å². The molecule has 0 aromatic heterocycles. The number of aliphatic hydroxyl groups excluding tert-OH is 1. The Hall–Kier alpha value is -0.980. The third-order valence-electron chi connectivity index (χ3n) is 4.48. The maximum Gasteiger partial charge on any atom is 0.243 e. The molecule has 4 nitrogen and oxygen atoms in total. The highest BCUT2D eigenvalue weighted by Gasteiger charge is 2.44. The second-order valence-electron chi connectivity index (χ2n) is 5.77. The summed E-state index contributed by atoms with van der Waals surface area (Å²) in [7, 11) is -3.67. The lowest BCUT2D eigenvalue weighted by molar-refractivity contribution is 0.280. The van der Waals surface area contributed by atoms with Crippen molar-refractivity contribution < 1.29 is 17.9 Å². The van der Waals surface area contributed by atoms with E-state index < -0.39 is 15.8 Å². The van der Waals surface area contributed by atoms with Crippen LogP contribution in [0, 0.1) is 18.7 Å². The Morgan fingerprint density at radius 2 is 2.15 bits per heavy atom. The van der Waals surface area contributed by atoms with Crippen molar-refractivity contribution in [2.45, 2.75) is 43.7 Å². The largest absolute Gasteiger partial charge is 0.392 e. The number of halogens is 1. The summed E-state index contributed by atoms with van der Waals surface area (Å²) in [5.41, 5.74) is 0.418. The Labute approximate surface area is 118 Å². The smallest absolute Gasteiger partial charge is 0.243 e. The Kier molecular flexibility index (Phi) is 3.35. The van der Waals surface area contributed by atoms with Gasteiger partial charge in [0.15, 0.2) is 0 Å². The molecule has 1 aliphatic carbocycles. The van der Waals surface area contributed by atoms with Crippen molar-refractivity contribution in [3.05, 3.63) is 29.1 Å². The summed E-state index contributed by atoms with van der Waals surface area (Å²) in [6.45, 7) is 1.64. The second-order valence-corrected chi connectivity index (χ2v) is 7.63. The van der Waals surface area contributed by atoms with Crippen molar-refractivity contribution >= 4 is 10.0 Å². The van der Waals surface area contributed by atoms with Gasteiger partial charge in [0.1, 0.15) is 5.82 Å². The first kappa shape index (κ1) is 14.0. The number of fused-ring (bicyclic) bond motifs is 2. The quantitative estimate of drug-likeness (QED) is 0.926. The molecule has 2 atom stereocenters. The Morgan fingerprint density at radius 3 is 2.70 bits per heavy atom. The molecular weight excluding hydrogens is 281 g/mol. The summed E-state index contributed by atoms with van der Waals surface area (Å²) in [5, 5.41) is 9.14. The highest BCUT2D eigenvalue weighted by Crippen LogP contribution is 2.41. The highest BCUT2D eigenvalue weighted by atomic mass is 32.2. The van der Waals surface area contributed by atoms with Crippen molar-refractivity contribution in [3.63, 3.8) is 0 Å². The van der Waals surface area contributed by atoms with Crippen molar-refractivity contribution in [2.24, 2.45) is 5.92 Å². The molecule has 1 heterocycles. The van der Waals surface area contributed by atoms with Gasteiger partial charge in [0.2, 0.25) is 10.0 Å². The van der Waals surface area contributed by atoms with E-state index in [9.17, 15) is 12.8 Å². The molecule has 0 amide bonds. The SMILES string of the molecule is Cc1c(F)cc(CO)cc1S(=O)(=O)N1CC2CCC1C2. The number of benzene rings is 1. The topological polar surface area (TPSA) is 57.6 Å². The number of aliphatic hydroxyl groups is 1. The summed E-state index contributed by atoms with van der Waals surface area (Å²) in [6.07, 6.45) is 2.90. The van der Waals surface area contributed by atoms with Gasteiger partial charge in [-0.1, -0.05) is 0 Å². The Bertz CT molecular complexity index is 644. The van der Waals surface area contributed by atoms with Crippen LogP contribution < -0.4 is 0 Å². The molecule has 0 radical (unpaired) electrons. The molecule has 0 spiro atoms. The lowest BCUT2D eigenvalue weighted by atomic mass is 10.1. The Balaban J connectivity index is 2.05. The maximum atomic E-state index is 13.8. The molecular formula is C14H18FNO3S. The molecule has 2 fully saturated rings. The summed E-state index contributed by atoms with van der Waals surface area (Å²) in [5.74, 6) is -0.138. The van der Waals surface area contributed by atoms with E-state index in [1.165, 1.54) is 23.4 Å². The molecule has 20 heavy (non-hydrogen) atoms. The van der Waals surface area contributed by atoms with Gasteiger partial charge in [0.05, 0.1) is 11.5 Å². The van der Waals surface area contributed by atoms with Crippen LogP contribution in [0.4, 0.5) is 4.39 Å². The minimum Gasteiger partial charge on any atom is -0.392 e. The molecule has 3 rings (SSSR count). The van der Waals surface area contributed by atoms with Gasteiger partial charge >= 0.3 is 0 Å². The zero-order valence-corrected chi connectivity index (χ0v) is 12.2.